The number of pyridine rings is 1. The second kappa shape index (κ2) is 2.77. The molecule has 59 valence electrons. The fourth-order valence-corrected chi connectivity index (χ4v) is 0.971. The molecule has 0 aliphatic carbocycles. The Morgan fingerprint density at radius 2 is 2.42 bits per heavy atom. The first-order valence-electron chi connectivity index (χ1n) is 3.70. The van der Waals surface area contributed by atoms with Gasteiger partial charge in [0.25, 0.3) is 0 Å². The van der Waals surface area contributed by atoms with Gasteiger partial charge in [0, 0.05) is 18.5 Å². The van der Waals surface area contributed by atoms with Gasteiger partial charge in [-0.2, -0.15) is 5.10 Å². The van der Waals surface area contributed by atoms with Gasteiger partial charge in [0.1, 0.15) is 0 Å². The van der Waals surface area contributed by atoms with Gasteiger partial charge in [-0.3, -0.25) is 0 Å². The predicted molar refractivity (Wildman–Crippen MR) is 44.9 cm³/mol. The van der Waals surface area contributed by atoms with Crippen LogP contribution < -0.4 is 0 Å². The minimum Gasteiger partial charge on any atom is -0.237 e. The summed E-state index contributed by atoms with van der Waals surface area (Å²) in [6, 6.07) is 6.64. The van der Waals surface area contributed by atoms with E-state index in [4.69, 9.17) is 0 Å². The molecule has 0 aliphatic heterocycles. The average Bonchev–Trinajstić information content (AvgIpc) is 2.54. The smallest absolute Gasteiger partial charge is 0.161 e. The minimum atomic E-state index is 0.727. The fourth-order valence-electron chi connectivity index (χ4n) is 0.971. The molecule has 12 heavy (non-hydrogen) atoms. The van der Waals surface area contributed by atoms with E-state index >= 15 is 0 Å². The van der Waals surface area contributed by atoms with Gasteiger partial charge in [-0.25, -0.2) is 9.67 Å². The van der Waals surface area contributed by atoms with Crippen molar-refractivity contribution in [3.05, 3.63) is 42.4 Å². The second-order valence-corrected chi connectivity index (χ2v) is 2.57. The highest BCUT2D eigenvalue weighted by Crippen LogP contribution is 2.01. The summed E-state index contributed by atoms with van der Waals surface area (Å²) in [6.07, 6.45) is 5.43. The van der Waals surface area contributed by atoms with Crippen LogP contribution in [0, 0.1) is 13.0 Å². The first-order valence-corrected chi connectivity index (χ1v) is 3.70. The predicted octanol–water partition coefficient (Wildman–Crippen LogP) is 1.38. The summed E-state index contributed by atoms with van der Waals surface area (Å²) >= 11 is 0. The highest BCUT2D eigenvalue weighted by atomic mass is 15.3. The Balaban J connectivity index is 2.45. The van der Waals surface area contributed by atoms with Crippen molar-refractivity contribution in [2.45, 2.75) is 6.92 Å². The summed E-state index contributed by atoms with van der Waals surface area (Å²) in [4.78, 5) is 4.11. The SMILES string of the molecule is Cc1cnn(-c2[c]cccn2)c1. The van der Waals surface area contributed by atoms with Crippen LogP contribution in [0.2, 0.25) is 0 Å². The summed E-state index contributed by atoms with van der Waals surface area (Å²) < 4.78 is 1.70. The molecule has 2 aromatic rings. The third-order valence-electron chi connectivity index (χ3n) is 1.52. The van der Waals surface area contributed by atoms with Crippen LogP contribution >= 0.6 is 0 Å². The van der Waals surface area contributed by atoms with Crippen LogP contribution in [-0.2, 0) is 0 Å². The maximum Gasteiger partial charge on any atom is 0.161 e. The summed E-state index contributed by atoms with van der Waals surface area (Å²) in [5, 5.41) is 4.11. The van der Waals surface area contributed by atoms with Crippen LogP contribution in [0.4, 0.5) is 0 Å². The molecule has 0 bridgehead atoms. The van der Waals surface area contributed by atoms with Crippen LogP contribution in [0.5, 0.6) is 0 Å². The first kappa shape index (κ1) is 7.03. The molecule has 0 aromatic carbocycles. The number of aryl methyl sites for hydroxylation is 1. The summed E-state index contributed by atoms with van der Waals surface area (Å²) in [5.41, 5.74) is 1.12. The zero-order valence-corrected chi connectivity index (χ0v) is 6.73. The van der Waals surface area contributed by atoms with E-state index in [9.17, 15) is 0 Å². The van der Waals surface area contributed by atoms with Crippen molar-refractivity contribution in [3.8, 4) is 5.82 Å². The Morgan fingerprint density at radius 1 is 1.50 bits per heavy atom. The van der Waals surface area contributed by atoms with E-state index in [1.807, 2.05) is 25.3 Å². The fraction of sp³-hybridized carbons (Fsp3) is 0.111. The largest absolute Gasteiger partial charge is 0.237 e. The third kappa shape index (κ3) is 1.21. The Morgan fingerprint density at radius 3 is 3.00 bits per heavy atom. The lowest BCUT2D eigenvalue weighted by Crippen LogP contribution is -1.96. The van der Waals surface area contributed by atoms with Gasteiger partial charge in [0.05, 0.1) is 6.20 Å². The van der Waals surface area contributed by atoms with Crippen molar-refractivity contribution in [3.63, 3.8) is 0 Å². The van der Waals surface area contributed by atoms with Crippen LogP contribution in [-0.4, -0.2) is 14.8 Å². The third-order valence-corrected chi connectivity index (χ3v) is 1.52. The second-order valence-electron chi connectivity index (χ2n) is 2.57. The molecular weight excluding hydrogens is 150 g/mol. The maximum absolute atomic E-state index is 4.11. The molecule has 0 saturated heterocycles. The van der Waals surface area contributed by atoms with E-state index in [-0.39, 0.29) is 0 Å². The molecule has 0 fully saturated rings. The summed E-state index contributed by atoms with van der Waals surface area (Å²) in [5.74, 6) is 0.727. The number of hydrogen-bond acceptors (Lipinski definition) is 2. The van der Waals surface area contributed by atoms with E-state index in [0.29, 0.717) is 0 Å². The lowest BCUT2D eigenvalue weighted by atomic mass is 10.4. The van der Waals surface area contributed by atoms with Gasteiger partial charge in [-0.05, 0) is 24.6 Å². The monoisotopic (exact) mass is 158 g/mol. The quantitative estimate of drug-likeness (QED) is 0.627. The Bertz CT molecular complexity index is 364. The normalized spacial score (nSPS) is 10.1. The molecule has 0 atom stereocenters. The summed E-state index contributed by atoms with van der Waals surface area (Å²) in [7, 11) is 0. The Kier molecular flexibility index (Phi) is 1.63. The van der Waals surface area contributed by atoms with E-state index in [1.54, 1.807) is 17.1 Å². The lowest BCUT2D eigenvalue weighted by molar-refractivity contribution is 0.845. The molecule has 0 amide bonds. The van der Waals surface area contributed by atoms with E-state index < -0.39 is 0 Å². The number of aromatic nitrogens is 3. The highest BCUT2D eigenvalue weighted by Gasteiger charge is 1.96. The lowest BCUT2D eigenvalue weighted by Gasteiger charge is -1.96. The van der Waals surface area contributed by atoms with Gasteiger partial charge in [-0.15, -0.1) is 0 Å². The number of rotatable bonds is 1. The molecule has 3 heteroatoms. The van der Waals surface area contributed by atoms with Crippen molar-refractivity contribution < 1.29 is 0 Å². The topological polar surface area (TPSA) is 30.7 Å². The zero-order valence-electron chi connectivity index (χ0n) is 6.73. The van der Waals surface area contributed by atoms with E-state index in [1.165, 1.54) is 0 Å². The molecule has 0 N–H and O–H groups in total. The highest BCUT2D eigenvalue weighted by molar-refractivity contribution is 5.19. The van der Waals surface area contributed by atoms with Crippen molar-refractivity contribution in [1.82, 2.24) is 14.8 Å². The maximum atomic E-state index is 4.11. The minimum absolute atomic E-state index is 0.727. The van der Waals surface area contributed by atoms with Crippen LogP contribution in [0.3, 0.4) is 0 Å². The Hall–Kier alpha value is -1.64. The first-order chi connectivity index (χ1) is 5.86. The van der Waals surface area contributed by atoms with Crippen LogP contribution in [0.15, 0.2) is 30.7 Å². The van der Waals surface area contributed by atoms with Gasteiger partial charge >= 0.3 is 0 Å². The molecule has 2 aromatic heterocycles. The van der Waals surface area contributed by atoms with Crippen LogP contribution in [0.25, 0.3) is 5.82 Å². The number of hydrogen-bond donors (Lipinski definition) is 0. The molecule has 0 aliphatic rings. The van der Waals surface area contributed by atoms with Gasteiger partial charge in [-0.1, -0.05) is 0 Å². The molecule has 1 radical (unpaired) electrons. The molecular formula is C9H8N3. The van der Waals surface area contributed by atoms with E-state index in [0.717, 1.165) is 11.4 Å². The molecule has 3 nitrogen and oxygen atoms in total. The van der Waals surface area contributed by atoms with Gasteiger partial charge in [0.15, 0.2) is 5.82 Å². The molecule has 2 rings (SSSR count). The van der Waals surface area contributed by atoms with Crippen molar-refractivity contribution in [2.75, 3.05) is 0 Å². The standard InChI is InChI=1S/C9H8N3/c1-8-6-11-12(7-8)9-4-2-3-5-10-9/h2-3,5-7H,1H3. The summed E-state index contributed by atoms with van der Waals surface area (Å²) in [6.45, 7) is 1.99. The van der Waals surface area contributed by atoms with Crippen molar-refractivity contribution in [2.24, 2.45) is 0 Å². The van der Waals surface area contributed by atoms with E-state index in [2.05, 4.69) is 16.1 Å². The Labute approximate surface area is 70.7 Å². The molecule has 0 spiro atoms. The average molecular weight is 158 g/mol. The van der Waals surface area contributed by atoms with Gasteiger partial charge < -0.3 is 0 Å². The molecule has 2 heterocycles. The number of nitrogens with zero attached hydrogens (tertiary/aromatic N) is 3. The van der Waals surface area contributed by atoms with Crippen LogP contribution in [0.1, 0.15) is 5.56 Å². The molecule has 0 saturated carbocycles. The van der Waals surface area contributed by atoms with Crippen molar-refractivity contribution >= 4 is 0 Å². The molecule has 0 unspecified atom stereocenters. The van der Waals surface area contributed by atoms with Gasteiger partial charge in [0.2, 0.25) is 0 Å². The zero-order chi connectivity index (χ0) is 8.39. The van der Waals surface area contributed by atoms with Crippen molar-refractivity contribution in [1.29, 1.82) is 0 Å².